The van der Waals surface area contributed by atoms with E-state index in [1.165, 1.54) is 0 Å². The van der Waals surface area contributed by atoms with Crippen LogP contribution in [0, 0.1) is 0 Å². The van der Waals surface area contributed by atoms with Gasteiger partial charge in [-0.2, -0.15) is 0 Å². The number of nitrogens with zero attached hydrogens (tertiary/aromatic N) is 1. The molecule has 0 radical (unpaired) electrons. The van der Waals surface area contributed by atoms with Crippen LogP contribution in [0.2, 0.25) is 0 Å². The summed E-state index contributed by atoms with van der Waals surface area (Å²) in [6.45, 7) is 1.23. The number of hydrogen-bond acceptors (Lipinski definition) is 3. The molecule has 2 heterocycles. The second-order valence-electron chi connectivity index (χ2n) is 4.78. The molecule has 98 valence electrons. The van der Waals surface area contributed by atoms with Gasteiger partial charge in [-0.05, 0) is 5.56 Å². The van der Waals surface area contributed by atoms with Crippen molar-refractivity contribution in [2.75, 3.05) is 6.54 Å². The summed E-state index contributed by atoms with van der Waals surface area (Å²) < 4.78 is 1.55. The lowest BCUT2D eigenvalue weighted by Gasteiger charge is -2.27. The first-order valence-electron chi connectivity index (χ1n) is 6.26. The van der Waals surface area contributed by atoms with Crippen molar-refractivity contribution >= 4 is 0 Å². The lowest BCUT2D eigenvalue weighted by molar-refractivity contribution is 0.535. The SMILES string of the molecule is Cn1c2c(c(=O)[nH]c1=O)CNCC2c1ccccc1. The summed E-state index contributed by atoms with van der Waals surface area (Å²) in [6, 6.07) is 9.93. The molecule has 19 heavy (non-hydrogen) atoms. The smallest absolute Gasteiger partial charge is 0.311 e. The maximum atomic E-state index is 11.9. The highest BCUT2D eigenvalue weighted by molar-refractivity contribution is 5.35. The zero-order valence-corrected chi connectivity index (χ0v) is 10.6. The van der Waals surface area contributed by atoms with E-state index in [0.717, 1.165) is 17.8 Å². The average molecular weight is 257 g/mol. The molecule has 5 nitrogen and oxygen atoms in total. The highest BCUT2D eigenvalue weighted by Gasteiger charge is 2.26. The van der Waals surface area contributed by atoms with Gasteiger partial charge >= 0.3 is 5.69 Å². The highest BCUT2D eigenvalue weighted by Crippen LogP contribution is 2.26. The summed E-state index contributed by atoms with van der Waals surface area (Å²) in [5.74, 6) is 0.0324. The number of fused-ring (bicyclic) bond motifs is 1. The van der Waals surface area contributed by atoms with Crippen LogP contribution in [0.4, 0.5) is 0 Å². The van der Waals surface area contributed by atoms with Gasteiger partial charge in [0.25, 0.3) is 5.56 Å². The lowest BCUT2D eigenvalue weighted by Crippen LogP contribution is -2.42. The van der Waals surface area contributed by atoms with Crippen molar-refractivity contribution in [1.82, 2.24) is 14.9 Å². The normalized spacial score (nSPS) is 18.1. The van der Waals surface area contributed by atoms with Gasteiger partial charge in [0.1, 0.15) is 0 Å². The Balaban J connectivity index is 2.25. The summed E-state index contributed by atoms with van der Waals surface area (Å²) in [4.78, 5) is 26.0. The van der Waals surface area contributed by atoms with Crippen molar-refractivity contribution in [1.29, 1.82) is 0 Å². The van der Waals surface area contributed by atoms with E-state index < -0.39 is 0 Å². The van der Waals surface area contributed by atoms with Crippen molar-refractivity contribution < 1.29 is 0 Å². The summed E-state index contributed by atoms with van der Waals surface area (Å²) in [6.07, 6.45) is 0. The minimum absolute atomic E-state index is 0.0324. The van der Waals surface area contributed by atoms with E-state index in [9.17, 15) is 9.59 Å². The van der Waals surface area contributed by atoms with Gasteiger partial charge in [-0.15, -0.1) is 0 Å². The van der Waals surface area contributed by atoms with Crippen molar-refractivity contribution in [2.24, 2.45) is 7.05 Å². The molecule has 0 fully saturated rings. The Morgan fingerprint density at radius 1 is 1.21 bits per heavy atom. The van der Waals surface area contributed by atoms with E-state index in [1.54, 1.807) is 11.6 Å². The quantitative estimate of drug-likeness (QED) is 0.772. The maximum absolute atomic E-state index is 11.9. The monoisotopic (exact) mass is 257 g/mol. The van der Waals surface area contributed by atoms with Crippen LogP contribution in [0.15, 0.2) is 39.9 Å². The number of nitrogens with one attached hydrogen (secondary N) is 2. The first kappa shape index (κ1) is 11.9. The molecule has 0 amide bonds. The Labute approximate surface area is 109 Å². The summed E-state index contributed by atoms with van der Waals surface area (Å²) in [7, 11) is 1.71. The molecule has 2 N–H and O–H groups in total. The number of aromatic nitrogens is 2. The van der Waals surface area contributed by atoms with Crippen LogP contribution in [0.25, 0.3) is 0 Å². The maximum Gasteiger partial charge on any atom is 0.328 e. The largest absolute Gasteiger partial charge is 0.328 e. The number of rotatable bonds is 1. The van der Waals surface area contributed by atoms with Gasteiger partial charge in [0.05, 0.1) is 5.56 Å². The predicted octanol–water partition coefficient (Wildman–Crippen LogP) is 0.309. The average Bonchev–Trinajstić information content (AvgIpc) is 2.45. The van der Waals surface area contributed by atoms with Crippen LogP contribution < -0.4 is 16.6 Å². The number of aromatic amines is 1. The molecule has 0 aliphatic carbocycles. The molecule has 1 aliphatic rings. The second-order valence-corrected chi connectivity index (χ2v) is 4.78. The Kier molecular flexibility index (Phi) is 2.83. The summed E-state index contributed by atoms with van der Waals surface area (Å²) in [5, 5.41) is 3.24. The Bertz CT molecular complexity index is 716. The molecular formula is C14H15N3O2. The van der Waals surface area contributed by atoms with Crippen LogP contribution in [-0.4, -0.2) is 16.1 Å². The standard InChI is InChI=1S/C14H15N3O2/c1-17-12-10(9-5-3-2-4-6-9)7-15-8-11(12)13(18)16-14(17)19/h2-6,10,15H,7-8H2,1H3,(H,16,18,19). The molecule has 0 bridgehead atoms. The minimum atomic E-state index is -0.355. The fraction of sp³-hybridized carbons (Fsp3) is 0.286. The van der Waals surface area contributed by atoms with E-state index in [1.807, 2.05) is 30.3 Å². The van der Waals surface area contributed by atoms with Gasteiger partial charge in [-0.1, -0.05) is 30.3 Å². The molecule has 1 unspecified atom stereocenters. The highest BCUT2D eigenvalue weighted by atomic mass is 16.2. The zero-order chi connectivity index (χ0) is 13.4. The third-order valence-corrected chi connectivity index (χ3v) is 3.65. The zero-order valence-electron chi connectivity index (χ0n) is 10.6. The van der Waals surface area contributed by atoms with E-state index in [-0.39, 0.29) is 17.2 Å². The third-order valence-electron chi connectivity index (χ3n) is 3.65. The van der Waals surface area contributed by atoms with Gasteiger partial charge in [0.15, 0.2) is 0 Å². The Morgan fingerprint density at radius 3 is 2.68 bits per heavy atom. The second kappa shape index (κ2) is 4.51. The molecule has 1 aromatic carbocycles. The lowest BCUT2D eigenvalue weighted by atomic mass is 9.90. The fourth-order valence-electron chi connectivity index (χ4n) is 2.70. The fourth-order valence-corrected chi connectivity index (χ4v) is 2.70. The van der Waals surface area contributed by atoms with Crippen LogP contribution in [0.1, 0.15) is 22.7 Å². The Morgan fingerprint density at radius 2 is 1.95 bits per heavy atom. The molecule has 3 rings (SSSR count). The van der Waals surface area contributed by atoms with Gasteiger partial charge in [-0.3, -0.25) is 14.3 Å². The Hall–Kier alpha value is -2.14. The first-order chi connectivity index (χ1) is 9.18. The van der Waals surface area contributed by atoms with Gasteiger partial charge in [0, 0.05) is 31.7 Å². The molecule has 0 saturated carbocycles. The third kappa shape index (κ3) is 1.92. The number of hydrogen-bond donors (Lipinski definition) is 2. The molecule has 5 heteroatoms. The summed E-state index contributed by atoms with van der Waals surface area (Å²) >= 11 is 0. The van der Waals surface area contributed by atoms with Crippen molar-refractivity contribution in [3.05, 3.63) is 68.0 Å². The first-order valence-corrected chi connectivity index (χ1v) is 6.26. The van der Waals surface area contributed by atoms with E-state index in [2.05, 4.69) is 10.3 Å². The van der Waals surface area contributed by atoms with Crippen LogP contribution in [0.5, 0.6) is 0 Å². The molecule has 0 spiro atoms. The minimum Gasteiger partial charge on any atom is -0.311 e. The van der Waals surface area contributed by atoms with Gasteiger partial charge in [-0.25, -0.2) is 4.79 Å². The molecule has 1 aliphatic heterocycles. The van der Waals surface area contributed by atoms with Crippen LogP contribution in [0.3, 0.4) is 0 Å². The van der Waals surface area contributed by atoms with Crippen LogP contribution in [-0.2, 0) is 13.6 Å². The van der Waals surface area contributed by atoms with Gasteiger partial charge < -0.3 is 5.32 Å². The van der Waals surface area contributed by atoms with Crippen LogP contribution >= 0.6 is 0 Å². The topological polar surface area (TPSA) is 66.9 Å². The molecule has 0 saturated heterocycles. The van der Waals surface area contributed by atoms with Gasteiger partial charge in [0.2, 0.25) is 0 Å². The van der Waals surface area contributed by atoms with E-state index >= 15 is 0 Å². The predicted molar refractivity (Wildman–Crippen MR) is 72.3 cm³/mol. The van der Waals surface area contributed by atoms with E-state index in [4.69, 9.17) is 0 Å². The summed E-state index contributed by atoms with van der Waals surface area (Å²) in [5.41, 5.74) is 1.94. The van der Waals surface area contributed by atoms with Crippen molar-refractivity contribution in [2.45, 2.75) is 12.5 Å². The molecule has 1 aromatic heterocycles. The van der Waals surface area contributed by atoms with Crippen molar-refractivity contribution in [3.8, 4) is 0 Å². The van der Waals surface area contributed by atoms with Crippen molar-refractivity contribution in [3.63, 3.8) is 0 Å². The molecule has 2 aromatic rings. The number of H-pyrrole nitrogens is 1. The molecular weight excluding hydrogens is 242 g/mol. The number of benzene rings is 1. The van der Waals surface area contributed by atoms with E-state index in [0.29, 0.717) is 12.1 Å². The molecule has 1 atom stereocenters.